The van der Waals surface area contributed by atoms with Crippen molar-refractivity contribution >= 4 is 11.6 Å². The van der Waals surface area contributed by atoms with Gasteiger partial charge in [0.15, 0.2) is 0 Å². The van der Waals surface area contributed by atoms with Gasteiger partial charge in [-0.05, 0) is 26.0 Å². The summed E-state index contributed by atoms with van der Waals surface area (Å²) in [6.07, 6.45) is 0. The highest BCUT2D eigenvalue weighted by molar-refractivity contribution is 5.97. The number of rotatable bonds is 5. The van der Waals surface area contributed by atoms with E-state index in [1.807, 2.05) is 13.8 Å². The number of ether oxygens (including phenoxy) is 1. The lowest BCUT2D eigenvalue weighted by Gasteiger charge is -2.22. The fourth-order valence-electron chi connectivity index (χ4n) is 1.71. The van der Waals surface area contributed by atoms with E-state index < -0.39 is 0 Å². The number of amides is 1. The minimum Gasteiger partial charge on any atom is -0.496 e. The summed E-state index contributed by atoms with van der Waals surface area (Å²) in [6.45, 7) is 8.83. The third kappa shape index (κ3) is 3.26. The van der Waals surface area contributed by atoms with E-state index in [0.717, 1.165) is 5.57 Å². The first kappa shape index (κ1) is 14.1. The number of likely N-dealkylation sites (N-methyl/N-ethyl adjacent to an activating group) is 1. The molecule has 0 fully saturated rings. The van der Waals surface area contributed by atoms with Gasteiger partial charge in [-0.2, -0.15) is 0 Å². The first-order valence-electron chi connectivity index (χ1n) is 5.86. The van der Waals surface area contributed by atoms with Crippen molar-refractivity contribution in [2.24, 2.45) is 0 Å². The second kappa shape index (κ2) is 6.10. The molecule has 0 radical (unpaired) electrons. The van der Waals surface area contributed by atoms with Crippen molar-refractivity contribution in [3.63, 3.8) is 0 Å². The average molecular weight is 248 g/mol. The van der Waals surface area contributed by atoms with Crippen molar-refractivity contribution < 1.29 is 9.53 Å². The highest BCUT2D eigenvalue weighted by atomic mass is 16.5. The van der Waals surface area contributed by atoms with Gasteiger partial charge in [-0.15, -0.1) is 0 Å². The van der Waals surface area contributed by atoms with Gasteiger partial charge in [-0.3, -0.25) is 4.79 Å². The molecule has 0 saturated heterocycles. The van der Waals surface area contributed by atoms with Crippen molar-refractivity contribution in [1.29, 1.82) is 0 Å². The van der Waals surface area contributed by atoms with Crippen LogP contribution in [0.1, 0.15) is 24.2 Å². The van der Waals surface area contributed by atoms with Crippen molar-refractivity contribution in [2.75, 3.05) is 25.9 Å². The molecule has 2 N–H and O–H groups in total. The van der Waals surface area contributed by atoms with Crippen LogP contribution >= 0.6 is 0 Å². The molecule has 0 aromatic heterocycles. The minimum absolute atomic E-state index is 0.0719. The Morgan fingerprint density at radius 1 is 1.50 bits per heavy atom. The Kier molecular flexibility index (Phi) is 4.77. The molecule has 4 heteroatoms. The molecule has 0 aliphatic carbocycles. The number of anilines is 1. The lowest BCUT2D eigenvalue weighted by molar-refractivity contribution is 0.0775. The molecular weight excluding hydrogens is 228 g/mol. The highest BCUT2D eigenvalue weighted by Crippen LogP contribution is 2.23. The van der Waals surface area contributed by atoms with Crippen LogP contribution in [0.5, 0.6) is 5.75 Å². The third-order valence-electron chi connectivity index (χ3n) is 2.59. The van der Waals surface area contributed by atoms with Crippen LogP contribution in [-0.4, -0.2) is 31.0 Å². The molecule has 0 atom stereocenters. The molecule has 98 valence electrons. The Bertz CT molecular complexity index is 455. The Labute approximate surface area is 108 Å². The summed E-state index contributed by atoms with van der Waals surface area (Å²) in [4.78, 5) is 14.1. The van der Waals surface area contributed by atoms with Crippen LogP contribution in [0.4, 0.5) is 5.69 Å². The van der Waals surface area contributed by atoms with E-state index in [9.17, 15) is 4.79 Å². The van der Waals surface area contributed by atoms with Gasteiger partial charge in [0.05, 0.1) is 12.7 Å². The number of hydrogen-bond acceptors (Lipinski definition) is 3. The molecule has 0 spiro atoms. The number of benzene rings is 1. The number of nitrogen functional groups attached to an aromatic ring is 1. The maximum Gasteiger partial charge on any atom is 0.257 e. The van der Waals surface area contributed by atoms with Crippen LogP contribution in [-0.2, 0) is 0 Å². The van der Waals surface area contributed by atoms with Crippen LogP contribution in [0.15, 0.2) is 30.4 Å². The molecule has 1 aromatic rings. The fourth-order valence-corrected chi connectivity index (χ4v) is 1.71. The third-order valence-corrected chi connectivity index (χ3v) is 2.59. The monoisotopic (exact) mass is 248 g/mol. The molecule has 1 rings (SSSR count). The zero-order valence-electron chi connectivity index (χ0n) is 11.2. The summed E-state index contributed by atoms with van der Waals surface area (Å²) >= 11 is 0. The molecule has 4 nitrogen and oxygen atoms in total. The lowest BCUT2D eigenvalue weighted by atomic mass is 10.1. The second-order valence-electron chi connectivity index (χ2n) is 4.24. The normalized spacial score (nSPS) is 9.94. The first-order valence-corrected chi connectivity index (χ1v) is 5.86. The smallest absolute Gasteiger partial charge is 0.257 e. The van der Waals surface area contributed by atoms with Gasteiger partial charge in [0.25, 0.3) is 5.91 Å². The largest absolute Gasteiger partial charge is 0.496 e. The second-order valence-corrected chi connectivity index (χ2v) is 4.24. The number of hydrogen-bond donors (Lipinski definition) is 1. The van der Waals surface area contributed by atoms with Gasteiger partial charge >= 0.3 is 0 Å². The molecule has 0 bridgehead atoms. The topological polar surface area (TPSA) is 55.6 Å². The molecule has 0 aliphatic heterocycles. The summed E-state index contributed by atoms with van der Waals surface area (Å²) in [7, 11) is 1.53. The number of carbonyl (C=O) groups excluding carboxylic acids is 1. The Hall–Kier alpha value is -1.97. The Balaban J connectivity index is 3.04. The molecule has 1 aromatic carbocycles. The van der Waals surface area contributed by atoms with Gasteiger partial charge in [-0.25, -0.2) is 0 Å². The molecule has 1 amide bonds. The molecule has 0 saturated carbocycles. The Morgan fingerprint density at radius 3 is 2.67 bits per heavy atom. The average Bonchev–Trinajstić information content (AvgIpc) is 2.34. The van der Waals surface area contributed by atoms with Crippen molar-refractivity contribution in [3.05, 3.63) is 35.9 Å². The zero-order chi connectivity index (χ0) is 13.7. The van der Waals surface area contributed by atoms with E-state index in [4.69, 9.17) is 10.5 Å². The summed E-state index contributed by atoms with van der Waals surface area (Å²) < 4.78 is 5.20. The maximum absolute atomic E-state index is 12.4. The van der Waals surface area contributed by atoms with E-state index in [0.29, 0.717) is 30.1 Å². The minimum atomic E-state index is -0.0719. The number of carbonyl (C=O) groups is 1. The molecule has 0 aliphatic rings. The van der Waals surface area contributed by atoms with Crippen molar-refractivity contribution in [2.45, 2.75) is 13.8 Å². The quantitative estimate of drug-likeness (QED) is 0.642. The fraction of sp³-hybridized carbons (Fsp3) is 0.357. The predicted octanol–water partition coefficient (Wildman–Crippen LogP) is 2.32. The van der Waals surface area contributed by atoms with Gasteiger partial charge < -0.3 is 15.4 Å². The highest BCUT2D eigenvalue weighted by Gasteiger charge is 2.18. The predicted molar refractivity (Wildman–Crippen MR) is 73.8 cm³/mol. The molecule has 0 unspecified atom stereocenters. The van der Waals surface area contributed by atoms with Gasteiger partial charge in [0.1, 0.15) is 5.75 Å². The van der Waals surface area contributed by atoms with Gasteiger partial charge in [0.2, 0.25) is 0 Å². The Morgan fingerprint density at radius 2 is 2.17 bits per heavy atom. The molecule has 18 heavy (non-hydrogen) atoms. The maximum atomic E-state index is 12.4. The van der Waals surface area contributed by atoms with Gasteiger partial charge in [-0.1, -0.05) is 12.2 Å². The summed E-state index contributed by atoms with van der Waals surface area (Å²) in [5.41, 5.74) is 7.72. The van der Waals surface area contributed by atoms with Crippen LogP contribution in [0.3, 0.4) is 0 Å². The van der Waals surface area contributed by atoms with Crippen LogP contribution in [0.25, 0.3) is 0 Å². The number of nitrogens with zero attached hydrogens (tertiary/aromatic N) is 1. The summed E-state index contributed by atoms with van der Waals surface area (Å²) in [5.74, 6) is 0.428. The van der Waals surface area contributed by atoms with E-state index in [1.165, 1.54) is 7.11 Å². The number of nitrogens with two attached hydrogens (primary N) is 1. The van der Waals surface area contributed by atoms with E-state index in [1.54, 1.807) is 23.1 Å². The van der Waals surface area contributed by atoms with Crippen molar-refractivity contribution in [1.82, 2.24) is 4.90 Å². The standard InChI is InChI=1S/C14H20N2O2/c1-5-16(9-10(2)3)14(17)12-7-6-11(15)8-13(12)18-4/h6-8H,2,5,9,15H2,1,3-4H3. The molecular formula is C14H20N2O2. The zero-order valence-corrected chi connectivity index (χ0v) is 11.2. The van der Waals surface area contributed by atoms with E-state index >= 15 is 0 Å². The van der Waals surface area contributed by atoms with Gasteiger partial charge in [0, 0.05) is 24.8 Å². The van der Waals surface area contributed by atoms with Crippen LogP contribution < -0.4 is 10.5 Å². The first-order chi connectivity index (χ1) is 8.49. The molecule has 0 heterocycles. The van der Waals surface area contributed by atoms with E-state index in [2.05, 4.69) is 6.58 Å². The summed E-state index contributed by atoms with van der Waals surface area (Å²) in [5, 5.41) is 0. The SMILES string of the molecule is C=C(C)CN(CC)C(=O)c1ccc(N)cc1OC. The van der Waals surface area contributed by atoms with E-state index in [-0.39, 0.29) is 5.91 Å². The van der Waals surface area contributed by atoms with Crippen molar-refractivity contribution in [3.8, 4) is 5.75 Å². The number of methoxy groups -OCH3 is 1. The summed E-state index contributed by atoms with van der Waals surface area (Å²) in [6, 6.07) is 5.05. The van der Waals surface area contributed by atoms with Crippen LogP contribution in [0, 0.1) is 0 Å². The lowest BCUT2D eigenvalue weighted by Crippen LogP contribution is -2.32. The van der Waals surface area contributed by atoms with Crippen LogP contribution in [0.2, 0.25) is 0 Å².